The number of nitrogens with one attached hydrogen (secondary N) is 3. The van der Waals surface area contributed by atoms with Gasteiger partial charge in [-0.05, 0) is 76.1 Å². The second-order valence-corrected chi connectivity index (χ2v) is 6.90. The zero-order valence-corrected chi connectivity index (χ0v) is 17.2. The molecule has 0 radical (unpaired) electrons. The van der Waals surface area contributed by atoms with Gasteiger partial charge in [0, 0.05) is 30.3 Å². The lowest BCUT2D eigenvalue weighted by Gasteiger charge is -2.21. The molecule has 2 heterocycles. The first-order valence-corrected chi connectivity index (χ1v) is 9.34. The standard InChI is InChI=1S/C19H28N4O2.2ClH/c24-18(21-11-14-23-12-1-2-13-23)15-3-5-17(6-4-15)22-19(25)16-7-9-20-10-8-16;;/h3-6,16,20H,1-2,7-14H2,(H,21,24)(H,22,25);2*1H. The lowest BCUT2D eigenvalue weighted by atomic mass is 9.97. The summed E-state index contributed by atoms with van der Waals surface area (Å²) in [5.41, 5.74) is 1.37. The lowest BCUT2D eigenvalue weighted by Crippen LogP contribution is -2.34. The zero-order chi connectivity index (χ0) is 17.5. The van der Waals surface area contributed by atoms with Crippen molar-refractivity contribution in [1.29, 1.82) is 0 Å². The second kappa shape index (κ2) is 12.2. The molecule has 2 fully saturated rings. The number of rotatable bonds is 6. The van der Waals surface area contributed by atoms with Crippen molar-refractivity contribution < 1.29 is 9.59 Å². The number of carbonyl (C=O) groups is 2. The molecule has 27 heavy (non-hydrogen) atoms. The van der Waals surface area contributed by atoms with E-state index in [0.717, 1.165) is 51.3 Å². The highest BCUT2D eigenvalue weighted by Gasteiger charge is 2.20. The van der Waals surface area contributed by atoms with Crippen LogP contribution in [0.4, 0.5) is 5.69 Å². The Morgan fingerprint density at radius 3 is 2.30 bits per heavy atom. The molecule has 1 aromatic carbocycles. The predicted molar refractivity (Wildman–Crippen MR) is 113 cm³/mol. The molecule has 2 amide bonds. The Bertz CT molecular complexity index is 586. The maximum atomic E-state index is 12.2. The largest absolute Gasteiger partial charge is 0.351 e. The number of likely N-dealkylation sites (tertiary alicyclic amines) is 1. The summed E-state index contributed by atoms with van der Waals surface area (Å²) in [7, 11) is 0. The van der Waals surface area contributed by atoms with E-state index in [1.807, 2.05) is 0 Å². The molecule has 2 saturated heterocycles. The van der Waals surface area contributed by atoms with Crippen LogP contribution in [-0.4, -0.2) is 56.0 Å². The average Bonchev–Trinajstić information content (AvgIpc) is 3.16. The first-order valence-electron chi connectivity index (χ1n) is 9.34. The van der Waals surface area contributed by atoms with E-state index in [1.165, 1.54) is 12.8 Å². The summed E-state index contributed by atoms with van der Waals surface area (Å²) in [6, 6.07) is 7.13. The third-order valence-electron chi connectivity index (χ3n) is 5.04. The number of benzene rings is 1. The van der Waals surface area contributed by atoms with Gasteiger partial charge in [0.2, 0.25) is 5.91 Å². The Balaban J connectivity index is 0.00000182. The fourth-order valence-electron chi connectivity index (χ4n) is 3.47. The Kier molecular flexibility index (Phi) is 10.7. The summed E-state index contributed by atoms with van der Waals surface area (Å²) in [5, 5.41) is 9.18. The van der Waals surface area contributed by atoms with E-state index in [0.29, 0.717) is 12.1 Å². The minimum absolute atomic E-state index is 0. The van der Waals surface area contributed by atoms with Crippen molar-refractivity contribution in [3.05, 3.63) is 29.8 Å². The molecule has 0 bridgehead atoms. The van der Waals surface area contributed by atoms with Crippen molar-refractivity contribution in [3.63, 3.8) is 0 Å². The summed E-state index contributed by atoms with van der Waals surface area (Å²) in [6.07, 6.45) is 4.28. The molecular weight excluding hydrogens is 387 g/mol. The Morgan fingerprint density at radius 1 is 1.04 bits per heavy atom. The molecular formula is C19H30Cl2N4O2. The van der Waals surface area contributed by atoms with E-state index in [4.69, 9.17) is 0 Å². The molecule has 152 valence electrons. The van der Waals surface area contributed by atoms with Gasteiger partial charge < -0.3 is 20.9 Å². The van der Waals surface area contributed by atoms with Crippen molar-refractivity contribution in [3.8, 4) is 0 Å². The SMILES string of the molecule is Cl.Cl.O=C(NCCN1CCCC1)c1ccc(NC(=O)C2CCNCC2)cc1. The topological polar surface area (TPSA) is 73.5 Å². The van der Waals surface area contributed by atoms with Crippen LogP contribution in [0.5, 0.6) is 0 Å². The van der Waals surface area contributed by atoms with E-state index < -0.39 is 0 Å². The summed E-state index contributed by atoms with van der Waals surface area (Å²) in [5.74, 6) is 0.0922. The maximum absolute atomic E-state index is 12.2. The molecule has 3 N–H and O–H groups in total. The van der Waals surface area contributed by atoms with Crippen LogP contribution in [0.2, 0.25) is 0 Å². The van der Waals surface area contributed by atoms with Crippen molar-refractivity contribution in [2.75, 3.05) is 44.6 Å². The highest BCUT2D eigenvalue weighted by Crippen LogP contribution is 2.16. The van der Waals surface area contributed by atoms with Crippen LogP contribution >= 0.6 is 24.8 Å². The number of hydrogen-bond acceptors (Lipinski definition) is 4. The van der Waals surface area contributed by atoms with Gasteiger partial charge in [-0.15, -0.1) is 24.8 Å². The molecule has 0 atom stereocenters. The minimum atomic E-state index is -0.0598. The van der Waals surface area contributed by atoms with Gasteiger partial charge in [0.15, 0.2) is 0 Å². The Labute approximate surface area is 173 Å². The predicted octanol–water partition coefficient (Wildman–Crippen LogP) is 2.29. The highest BCUT2D eigenvalue weighted by molar-refractivity contribution is 5.96. The van der Waals surface area contributed by atoms with Gasteiger partial charge in [0.1, 0.15) is 0 Å². The minimum Gasteiger partial charge on any atom is -0.351 e. The summed E-state index contributed by atoms with van der Waals surface area (Å²) >= 11 is 0. The number of hydrogen-bond donors (Lipinski definition) is 3. The summed E-state index contributed by atoms with van der Waals surface area (Å²) < 4.78 is 0. The number of amides is 2. The van der Waals surface area contributed by atoms with Gasteiger partial charge in [0.05, 0.1) is 0 Å². The quantitative estimate of drug-likeness (QED) is 0.664. The molecule has 6 nitrogen and oxygen atoms in total. The zero-order valence-electron chi connectivity index (χ0n) is 15.5. The van der Waals surface area contributed by atoms with Crippen molar-refractivity contribution in [1.82, 2.24) is 15.5 Å². The van der Waals surface area contributed by atoms with Gasteiger partial charge in [-0.25, -0.2) is 0 Å². The van der Waals surface area contributed by atoms with E-state index in [2.05, 4.69) is 20.9 Å². The Morgan fingerprint density at radius 2 is 1.67 bits per heavy atom. The fraction of sp³-hybridized carbons (Fsp3) is 0.579. The monoisotopic (exact) mass is 416 g/mol. The molecule has 0 spiro atoms. The molecule has 1 aromatic rings. The van der Waals surface area contributed by atoms with Gasteiger partial charge in [-0.2, -0.15) is 0 Å². The highest BCUT2D eigenvalue weighted by atomic mass is 35.5. The maximum Gasteiger partial charge on any atom is 0.251 e. The van der Waals surface area contributed by atoms with E-state index in [-0.39, 0.29) is 42.5 Å². The van der Waals surface area contributed by atoms with E-state index in [9.17, 15) is 9.59 Å². The number of carbonyl (C=O) groups excluding carboxylic acids is 2. The van der Waals surface area contributed by atoms with Crippen LogP contribution in [0.25, 0.3) is 0 Å². The molecule has 0 aromatic heterocycles. The number of nitrogens with zero attached hydrogens (tertiary/aromatic N) is 1. The van der Waals surface area contributed by atoms with E-state index >= 15 is 0 Å². The number of anilines is 1. The van der Waals surface area contributed by atoms with Gasteiger partial charge in [-0.1, -0.05) is 0 Å². The molecule has 0 saturated carbocycles. The van der Waals surface area contributed by atoms with Crippen LogP contribution in [0.15, 0.2) is 24.3 Å². The summed E-state index contributed by atoms with van der Waals surface area (Å²) in [4.78, 5) is 26.8. The number of piperidine rings is 1. The Hall–Kier alpha value is -1.34. The van der Waals surface area contributed by atoms with E-state index in [1.54, 1.807) is 24.3 Å². The van der Waals surface area contributed by atoms with Gasteiger partial charge >= 0.3 is 0 Å². The molecule has 0 aliphatic carbocycles. The fourth-order valence-corrected chi connectivity index (χ4v) is 3.47. The smallest absolute Gasteiger partial charge is 0.251 e. The van der Waals surface area contributed by atoms with Crippen LogP contribution < -0.4 is 16.0 Å². The average molecular weight is 417 g/mol. The third-order valence-corrected chi connectivity index (χ3v) is 5.04. The van der Waals surface area contributed by atoms with Crippen LogP contribution in [0.1, 0.15) is 36.0 Å². The third kappa shape index (κ3) is 7.30. The lowest BCUT2D eigenvalue weighted by molar-refractivity contribution is -0.120. The first-order chi connectivity index (χ1) is 12.2. The molecule has 2 aliphatic heterocycles. The molecule has 0 unspecified atom stereocenters. The normalized spacial score (nSPS) is 17.5. The summed E-state index contributed by atoms with van der Waals surface area (Å²) in [6.45, 7) is 5.66. The van der Waals surface area contributed by atoms with Crippen molar-refractivity contribution in [2.45, 2.75) is 25.7 Å². The van der Waals surface area contributed by atoms with Crippen LogP contribution in [-0.2, 0) is 4.79 Å². The first kappa shape index (κ1) is 23.7. The molecule has 3 rings (SSSR count). The number of halogens is 2. The molecule has 2 aliphatic rings. The van der Waals surface area contributed by atoms with Crippen LogP contribution in [0, 0.1) is 5.92 Å². The van der Waals surface area contributed by atoms with Gasteiger partial charge in [0.25, 0.3) is 5.91 Å². The van der Waals surface area contributed by atoms with Gasteiger partial charge in [-0.3, -0.25) is 9.59 Å². The second-order valence-electron chi connectivity index (χ2n) is 6.90. The van der Waals surface area contributed by atoms with Crippen molar-refractivity contribution in [2.24, 2.45) is 5.92 Å². The molecule has 8 heteroatoms. The van der Waals surface area contributed by atoms with Crippen molar-refractivity contribution >= 4 is 42.3 Å². The van der Waals surface area contributed by atoms with Crippen LogP contribution in [0.3, 0.4) is 0 Å².